The molecule has 4 nitrogen and oxygen atoms in total. The molecule has 2 aromatic rings. The van der Waals surface area contributed by atoms with Crippen molar-refractivity contribution in [3.05, 3.63) is 48.2 Å². The van der Waals surface area contributed by atoms with Gasteiger partial charge in [0.05, 0.1) is 13.4 Å². The lowest BCUT2D eigenvalue weighted by Gasteiger charge is -2.10. The predicted octanol–water partition coefficient (Wildman–Crippen LogP) is 1.76. The Balaban J connectivity index is 2.37. The maximum Gasteiger partial charge on any atom is 0.157 e. The van der Waals surface area contributed by atoms with E-state index in [0.29, 0.717) is 17.2 Å². The van der Waals surface area contributed by atoms with Crippen LogP contribution in [0.25, 0.3) is 0 Å². The number of hydrogen-bond donors (Lipinski definition) is 1. The summed E-state index contributed by atoms with van der Waals surface area (Å²) >= 11 is 0. The lowest BCUT2D eigenvalue weighted by Crippen LogP contribution is -2.03. The Morgan fingerprint density at radius 1 is 1.40 bits per heavy atom. The first-order chi connectivity index (χ1) is 7.33. The van der Waals surface area contributed by atoms with Crippen LogP contribution in [-0.4, -0.2) is 17.2 Å². The van der Waals surface area contributed by atoms with Gasteiger partial charge in [0.2, 0.25) is 0 Å². The van der Waals surface area contributed by atoms with E-state index < -0.39 is 6.10 Å². The van der Waals surface area contributed by atoms with Crippen molar-refractivity contribution in [3.63, 3.8) is 0 Å². The molecule has 0 aliphatic rings. The highest BCUT2D eigenvalue weighted by Crippen LogP contribution is 2.27. The number of furan rings is 1. The molecular formula is C11H11NO3. The van der Waals surface area contributed by atoms with Gasteiger partial charge in [-0.3, -0.25) is 4.98 Å². The number of rotatable bonds is 3. The van der Waals surface area contributed by atoms with Gasteiger partial charge in [-0.05, 0) is 24.3 Å². The first kappa shape index (κ1) is 9.73. The van der Waals surface area contributed by atoms with E-state index >= 15 is 0 Å². The molecule has 0 spiro atoms. The molecular weight excluding hydrogens is 194 g/mol. The first-order valence-corrected chi connectivity index (χ1v) is 4.53. The van der Waals surface area contributed by atoms with Gasteiger partial charge in [-0.1, -0.05) is 0 Å². The van der Waals surface area contributed by atoms with Crippen LogP contribution in [0, 0.1) is 0 Å². The molecule has 0 saturated carbocycles. The van der Waals surface area contributed by atoms with Crippen LogP contribution >= 0.6 is 0 Å². The second-order valence-electron chi connectivity index (χ2n) is 3.01. The number of aliphatic hydroxyl groups is 1. The molecule has 0 aliphatic carbocycles. The van der Waals surface area contributed by atoms with Crippen LogP contribution < -0.4 is 4.74 Å². The first-order valence-electron chi connectivity index (χ1n) is 4.53. The molecule has 0 aliphatic heterocycles. The number of aliphatic hydroxyl groups excluding tert-OH is 1. The number of aromatic nitrogens is 1. The van der Waals surface area contributed by atoms with E-state index in [1.165, 1.54) is 13.4 Å². The molecule has 1 atom stereocenters. The number of ether oxygens (including phenoxy) is 1. The van der Waals surface area contributed by atoms with Crippen LogP contribution in [0.5, 0.6) is 5.75 Å². The molecule has 2 heterocycles. The van der Waals surface area contributed by atoms with Gasteiger partial charge < -0.3 is 14.3 Å². The lowest BCUT2D eigenvalue weighted by atomic mass is 10.1. The molecule has 0 aromatic carbocycles. The third-order valence-corrected chi connectivity index (χ3v) is 2.09. The highest BCUT2D eigenvalue weighted by atomic mass is 16.5. The van der Waals surface area contributed by atoms with Crippen LogP contribution in [-0.2, 0) is 0 Å². The zero-order chi connectivity index (χ0) is 10.7. The van der Waals surface area contributed by atoms with Gasteiger partial charge in [0.15, 0.2) is 6.10 Å². The van der Waals surface area contributed by atoms with Crippen molar-refractivity contribution in [2.45, 2.75) is 6.10 Å². The fraction of sp³-hybridized carbons (Fsp3) is 0.182. The second kappa shape index (κ2) is 4.14. The third-order valence-electron chi connectivity index (χ3n) is 2.09. The minimum absolute atomic E-state index is 0.451. The van der Waals surface area contributed by atoms with Crippen molar-refractivity contribution in [1.82, 2.24) is 4.98 Å². The summed E-state index contributed by atoms with van der Waals surface area (Å²) in [6, 6.07) is 6.90. The Morgan fingerprint density at radius 2 is 2.27 bits per heavy atom. The fourth-order valence-corrected chi connectivity index (χ4v) is 1.36. The monoisotopic (exact) mass is 205 g/mol. The highest BCUT2D eigenvalue weighted by molar-refractivity contribution is 5.32. The Hall–Kier alpha value is -1.81. The standard InChI is InChI=1S/C11H11NO3/c1-14-8-4-2-6-12-10(8)11(13)9-5-3-7-15-9/h2-7,11,13H,1H3. The Labute approximate surface area is 87.1 Å². The van der Waals surface area contributed by atoms with E-state index in [1.54, 1.807) is 30.5 Å². The summed E-state index contributed by atoms with van der Waals surface area (Å²) in [5.74, 6) is 0.994. The number of nitrogens with zero attached hydrogens (tertiary/aromatic N) is 1. The SMILES string of the molecule is COc1cccnc1C(O)c1ccco1. The van der Waals surface area contributed by atoms with Crippen molar-refractivity contribution in [3.8, 4) is 5.75 Å². The zero-order valence-corrected chi connectivity index (χ0v) is 8.25. The van der Waals surface area contributed by atoms with Crippen LogP contribution in [0.2, 0.25) is 0 Å². The molecule has 4 heteroatoms. The third kappa shape index (κ3) is 1.85. The summed E-state index contributed by atoms with van der Waals surface area (Å²) in [4.78, 5) is 4.07. The fourth-order valence-electron chi connectivity index (χ4n) is 1.36. The van der Waals surface area contributed by atoms with Gasteiger partial charge in [0.25, 0.3) is 0 Å². The predicted molar refractivity (Wildman–Crippen MR) is 53.6 cm³/mol. The maximum absolute atomic E-state index is 9.96. The number of hydrogen-bond acceptors (Lipinski definition) is 4. The van der Waals surface area contributed by atoms with E-state index in [0.717, 1.165) is 0 Å². The van der Waals surface area contributed by atoms with Gasteiger partial charge in [0.1, 0.15) is 17.2 Å². The topological polar surface area (TPSA) is 55.5 Å². The Kier molecular flexibility index (Phi) is 2.69. The van der Waals surface area contributed by atoms with E-state index in [9.17, 15) is 5.11 Å². The summed E-state index contributed by atoms with van der Waals surface area (Å²) in [5, 5.41) is 9.96. The quantitative estimate of drug-likeness (QED) is 0.829. The molecule has 2 aromatic heterocycles. The minimum atomic E-state index is -0.892. The molecule has 0 amide bonds. The van der Waals surface area contributed by atoms with Crippen molar-refractivity contribution in [1.29, 1.82) is 0 Å². The summed E-state index contributed by atoms with van der Waals surface area (Å²) in [6.45, 7) is 0. The normalized spacial score (nSPS) is 12.4. The van der Waals surface area contributed by atoms with Gasteiger partial charge in [-0.2, -0.15) is 0 Å². The zero-order valence-electron chi connectivity index (χ0n) is 8.25. The lowest BCUT2D eigenvalue weighted by molar-refractivity contribution is 0.180. The average molecular weight is 205 g/mol. The molecule has 0 bridgehead atoms. The highest BCUT2D eigenvalue weighted by Gasteiger charge is 2.18. The number of methoxy groups -OCH3 is 1. The molecule has 2 rings (SSSR count). The summed E-state index contributed by atoms with van der Waals surface area (Å²) < 4.78 is 10.2. The van der Waals surface area contributed by atoms with Crippen LogP contribution in [0.4, 0.5) is 0 Å². The van der Waals surface area contributed by atoms with Crippen molar-refractivity contribution in [2.24, 2.45) is 0 Å². The largest absolute Gasteiger partial charge is 0.495 e. The van der Waals surface area contributed by atoms with E-state index in [4.69, 9.17) is 9.15 Å². The van der Waals surface area contributed by atoms with E-state index in [-0.39, 0.29) is 0 Å². The summed E-state index contributed by atoms with van der Waals surface area (Å²) in [6.07, 6.45) is 2.22. The van der Waals surface area contributed by atoms with Crippen LogP contribution in [0.3, 0.4) is 0 Å². The van der Waals surface area contributed by atoms with E-state index in [1.807, 2.05) is 0 Å². The molecule has 1 N–H and O–H groups in total. The average Bonchev–Trinajstić information content (AvgIpc) is 2.81. The number of pyridine rings is 1. The molecule has 0 radical (unpaired) electrons. The Morgan fingerprint density at radius 3 is 2.93 bits per heavy atom. The van der Waals surface area contributed by atoms with Crippen LogP contribution in [0.15, 0.2) is 41.1 Å². The van der Waals surface area contributed by atoms with Gasteiger partial charge in [0, 0.05) is 6.20 Å². The summed E-state index contributed by atoms with van der Waals surface area (Å²) in [5.41, 5.74) is 0.454. The maximum atomic E-state index is 9.96. The molecule has 78 valence electrons. The summed E-state index contributed by atoms with van der Waals surface area (Å²) in [7, 11) is 1.54. The van der Waals surface area contributed by atoms with E-state index in [2.05, 4.69) is 4.98 Å². The molecule has 0 fully saturated rings. The van der Waals surface area contributed by atoms with Crippen LogP contribution in [0.1, 0.15) is 17.6 Å². The second-order valence-corrected chi connectivity index (χ2v) is 3.01. The molecule has 15 heavy (non-hydrogen) atoms. The van der Waals surface area contributed by atoms with Gasteiger partial charge in [-0.25, -0.2) is 0 Å². The molecule has 0 saturated heterocycles. The van der Waals surface area contributed by atoms with Crippen molar-refractivity contribution < 1.29 is 14.3 Å². The van der Waals surface area contributed by atoms with Crippen molar-refractivity contribution >= 4 is 0 Å². The minimum Gasteiger partial charge on any atom is -0.495 e. The van der Waals surface area contributed by atoms with Crippen molar-refractivity contribution in [2.75, 3.05) is 7.11 Å². The smallest absolute Gasteiger partial charge is 0.157 e. The molecule has 1 unspecified atom stereocenters. The Bertz CT molecular complexity index is 425. The van der Waals surface area contributed by atoms with Gasteiger partial charge >= 0.3 is 0 Å². The van der Waals surface area contributed by atoms with Gasteiger partial charge in [-0.15, -0.1) is 0 Å².